The van der Waals surface area contributed by atoms with Crippen LogP contribution in [0.1, 0.15) is 30.0 Å². The molecule has 0 aliphatic heterocycles. The predicted molar refractivity (Wildman–Crippen MR) is 67.3 cm³/mol. The van der Waals surface area contributed by atoms with Gasteiger partial charge in [0.05, 0.1) is 0 Å². The van der Waals surface area contributed by atoms with Gasteiger partial charge in [0.1, 0.15) is 6.29 Å². The molecule has 0 atom stereocenters. The monoisotopic (exact) mass is 212 g/mol. The minimum atomic E-state index is 0.806. The molecule has 0 fully saturated rings. The van der Waals surface area contributed by atoms with Gasteiger partial charge in [-0.3, -0.25) is 4.79 Å². The summed E-state index contributed by atoms with van der Waals surface area (Å²) in [5.41, 5.74) is 5.32. The van der Waals surface area contributed by atoms with Gasteiger partial charge in [0.2, 0.25) is 0 Å². The Balaban J connectivity index is 2.22. The third kappa shape index (κ3) is 2.48. The first kappa shape index (κ1) is 10.9. The summed E-state index contributed by atoms with van der Waals surface area (Å²) in [6.07, 6.45) is 9.99. The van der Waals surface area contributed by atoms with Crippen LogP contribution in [0, 0.1) is 0 Å². The Kier molecular flexibility index (Phi) is 3.35. The molecule has 0 N–H and O–H groups in total. The van der Waals surface area contributed by atoms with E-state index in [9.17, 15) is 4.79 Å². The Morgan fingerprint density at radius 1 is 1.25 bits per heavy atom. The van der Waals surface area contributed by atoms with E-state index >= 15 is 0 Å². The number of rotatable bonds is 3. The van der Waals surface area contributed by atoms with Crippen molar-refractivity contribution in [3.63, 3.8) is 0 Å². The van der Waals surface area contributed by atoms with Gasteiger partial charge < -0.3 is 0 Å². The number of benzene rings is 1. The first-order chi connectivity index (χ1) is 7.79. The smallest absolute Gasteiger partial charge is 0.142 e. The van der Waals surface area contributed by atoms with Crippen LogP contribution in [0.15, 0.2) is 35.9 Å². The highest BCUT2D eigenvalue weighted by Gasteiger charge is 2.09. The summed E-state index contributed by atoms with van der Waals surface area (Å²) in [6.45, 7) is 2.01. The fraction of sp³-hybridized carbons (Fsp3) is 0.267. The van der Waals surface area contributed by atoms with Crippen LogP contribution >= 0.6 is 0 Å². The lowest BCUT2D eigenvalue weighted by molar-refractivity contribution is -0.104. The second-order valence-corrected chi connectivity index (χ2v) is 4.27. The molecule has 0 spiro atoms. The van der Waals surface area contributed by atoms with Gasteiger partial charge in [-0.15, -0.1) is 0 Å². The molecule has 82 valence electrons. The van der Waals surface area contributed by atoms with Gasteiger partial charge in [0.15, 0.2) is 0 Å². The summed E-state index contributed by atoms with van der Waals surface area (Å²) >= 11 is 0. The van der Waals surface area contributed by atoms with Gasteiger partial charge in [0, 0.05) is 0 Å². The van der Waals surface area contributed by atoms with E-state index in [1.165, 1.54) is 42.0 Å². The maximum Gasteiger partial charge on any atom is 0.142 e. The predicted octanol–water partition coefficient (Wildman–Crippen LogP) is 3.33. The molecule has 0 bridgehead atoms. The number of carbonyl (C=O) groups is 1. The van der Waals surface area contributed by atoms with Crippen LogP contribution in [0.25, 0.3) is 6.08 Å². The van der Waals surface area contributed by atoms with Gasteiger partial charge in [0.25, 0.3) is 0 Å². The van der Waals surface area contributed by atoms with Crippen molar-refractivity contribution in [2.45, 2.75) is 26.2 Å². The zero-order valence-corrected chi connectivity index (χ0v) is 9.57. The largest absolute Gasteiger partial charge is 0.299 e. The van der Waals surface area contributed by atoms with E-state index in [1.54, 1.807) is 0 Å². The van der Waals surface area contributed by atoms with Crippen molar-refractivity contribution in [1.29, 1.82) is 0 Å². The maximum atomic E-state index is 10.2. The van der Waals surface area contributed by atoms with E-state index in [1.807, 2.05) is 13.0 Å². The molecule has 16 heavy (non-hydrogen) atoms. The van der Waals surface area contributed by atoms with Gasteiger partial charge in [-0.2, -0.15) is 0 Å². The molecule has 0 unspecified atom stereocenters. The topological polar surface area (TPSA) is 17.1 Å². The standard InChI is InChI=1S/C15H16O/c1-12(4-3-9-16)10-13-7-8-14-5-2-6-15(14)11-13/h3-4,7-11H,2,5-6H2,1H3. The van der Waals surface area contributed by atoms with Crippen molar-refractivity contribution >= 4 is 12.4 Å². The van der Waals surface area contributed by atoms with Crippen LogP contribution in [0.3, 0.4) is 0 Å². The number of carbonyl (C=O) groups excluding carboxylic acids is 1. The van der Waals surface area contributed by atoms with Crippen LogP contribution < -0.4 is 0 Å². The average molecular weight is 212 g/mol. The first-order valence-electron chi connectivity index (χ1n) is 5.71. The van der Waals surface area contributed by atoms with Crippen molar-refractivity contribution < 1.29 is 4.79 Å². The number of aryl methyl sites for hydroxylation is 2. The number of hydrogen-bond acceptors (Lipinski definition) is 1. The lowest BCUT2D eigenvalue weighted by Gasteiger charge is -2.01. The molecular weight excluding hydrogens is 196 g/mol. The fourth-order valence-electron chi connectivity index (χ4n) is 2.18. The Hall–Kier alpha value is -1.63. The van der Waals surface area contributed by atoms with E-state index in [4.69, 9.17) is 0 Å². The number of hydrogen-bond donors (Lipinski definition) is 0. The van der Waals surface area contributed by atoms with E-state index < -0.39 is 0 Å². The second kappa shape index (κ2) is 4.93. The number of aldehydes is 1. The molecule has 0 radical (unpaired) electrons. The van der Waals surface area contributed by atoms with Gasteiger partial charge in [-0.05, 0) is 49.0 Å². The SMILES string of the molecule is CC(C=CC=O)=Cc1ccc2c(c1)CCC2. The quantitative estimate of drug-likeness (QED) is 0.426. The minimum absolute atomic E-state index is 0.806. The maximum absolute atomic E-state index is 10.2. The van der Waals surface area contributed by atoms with Crippen LogP contribution in [0.2, 0.25) is 0 Å². The molecule has 1 aromatic rings. The van der Waals surface area contributed by atoms with Crippen LogP contribution in [-0.2, 0) is 17.6 Å². The molecule has 1 aromatic carbocycles. The van der Waals surface area contributed by atoms with Crippen molar-refractivity contribution in [2.75, 3.05) is 0 Å². The van der Waals surface area contributed by atoms with Gasteiger partial charge in [-0.25, -0.2) is 0 Å². The van der Waals surface area contributed by atoms with Gasteiger partial charge >= 0.3 is 0 Å². The minimum Gasteiger partial charge on any atom is -0.299 e. The van der Waals surface area contributed by atoms with Crippen molar-refractivity contribution in [1.82, 2.24) is 0 Å². The molecule has 1 heteroatoms. The van der Waals surface area contributed by atoms with Crippen molar-refractivity contribution in [3.05, 3.63) is 52.6 Å². The lowest BCUT2D eigenvalue weighted by atomic mass is 10.0. The highest BCUT2D eigenvalue weighted by molar-refractivity contribution is 5.67. The molecular formula is C15H16O. The third-order valence-corrected chi connectivity index (χ3v) is 2.95. The van der Waals surface area contributed by atoms with E-state index in [2.05, 4.69) is 24.3 Å². The van der Waals surface area contributed by atoms with E-state index in [0.717, 1.165) is 11.9 Å². The zero-order chi connectivity index (χ0) is 11.4. The van der Waals surface area contributed by atoms with Gasteiger partial charge in [-0.1, -0.05) is 35.9 Å². The Morgan fingerprint density at radius 3 is 2.88 bits per heavy atom. The summed E-state index contributed by atoms with van der Waals surface area (Å²) in [6, 6.07) is 6.65. The number of fused-ring (bicyclic) bond motifs is 1. The lowest BCUT2D eigenvalue weighted by Crippen LogP contribution is -1.83. The summed E-state index contributed by atoms with van der Waals surface area (Å²) in [5, 5.41) is 0. The summed E-state index contributed by atoms with van der Waals surface area (Å²) in [7, 11) is 0. The Morgan fingerprint density at radius 2 is 2.06 bits per heavy atom. The van der Waals surface area contributed by atoms with E-state index in [0.29, 0.717) is 0 Å². The number of allylic oxidation sites excluding steroid dienone is 3. The molecule has 0 heterocycles. The van der Waals surface area contributed by atoms with E-state index in [-0.39, 0.29) is 0 Å². The molecule has 2 rings (SSSR count). The zero-order valence-electron chi connectivity index (χ0n) is 9.57. The molecule has 0 aromatic heterocycles. The fourth-order valence-corrected chi connectivity index (χ4v) is 2.18. The normalized spacial score (nSPS) is 15.4. The van der Waals surface area contributed by atoms with Crippen molar-refractivity contribution in [3.8, 4) is 0 Å². The Labute approximate surface area is 96.5 Å². The first-order valence-corrected chi connectivity index (χ1v) is 5.71. The van der Waals surface area contributed by atoms with Crippen LogP contribution in [0.5, 0.6) is 0 Å². The van der Waals surface area contributed by atoms with Crippen LogP contribution in [-0.4, -0.2) is 6.29 Å². The molecule has 1 aliphatic carbocycles. The average Bonchev–Trinajstić information content (AvgIpc) is 2.73. The Bertz CT molecular complexity index is 453. The highest BCUT2D eigenvalue weighted by atomic mass is 16.1. The summed E-state index contributed by atoms with van der Waals surface area (Å²) < 4.78 is 0. The highest BCUT2D eigenvalue weighted by Crippen LogP contribution is 2.23. The second-order valence-electron chi connectivity index (χ2n) is 4.27. The molecule has 0 amide bonds. The summed E-state index contributed by atoms with van der Waals surface area (Å²) in [4.78, 5) is 10.2. The molecule has 1 nitrogen and oxygen atoms in total. The molecule has 1 aliphatic rings. The third-order valence-electron chi connectivity index (χ3n) is 2.95. The molecule has 0 saturated heterocycles. The van der Waals surface area contributed by atoms with Crippen molar-refractivity contribution in [2.24, 2.45) is 0 Å². The molecule has 0 saturated carbocycles. The summed E-state index contributed by atoms with van der Waals surface area (Å²) in [5.74, 6) is 0. The van der Waals surface area contributed by atoms with Crippen LogP contribution in [0.4, 0.5) is 0 Å².